The molecule has 0 radical (unpaired) electrons. The highest BCUT2D eigenvalue weighted by molar-refractivity contribution is 5.47. The molecule has 0 saturated carbocycles. The predicted molar refractivity (Wildman–Crippen MR) is 99.7 cm³/mol. The number of pyridine rings is 2. The second kappa shape index (κ2) is 7.54. The molecule has 1 fully saturated rings. The first-order valence-electron chi connectivity index (χ1n) is 9.17. The van der Waals surface area contributed by atoms with Gasteiger partial charge in [0.05, 0.1) is 5.69 Å². The summed E-state index contributed by atoms with van der Waals surface area (Å²) < 4.78 is 11.5. The van der Waals surface area contributed by atoms with Crippen LogP contribution in [0.5, 0.6) is 0 Å². The fourth-order valence-corrected chi connectivity index (χ4v) is 3.60. The van der Waals surface area contributed by atoms with Crippen molar-refractivity contribution in [3.05, 3.63) is 60.4 Å². The van der Waals surface area contributed by atoms with Gasteiger partial charge in [0.15, 0.2) is 0 Å². The lowest BCUT2D eigenvalue weighted by atomic mass is 9.90. The lowest BCUT2D eigenvalue weighted by Gasteiger charge is -2.40. The van der Waals surface area contributed by atoms with E-state index >= 15 is 0 Å². The van der Waals surface area contributed by atoms with Gasteiger partial charge in [-0.2, -0.15) is 4.98 Å². The number of aromatic nitrogens is 4. The van der Waals surface area contributed by atoms with Gasteiger partial charge in [-0.05, 0) is 44.0 Å². The van der Waals surface area contributed by atoms with E-state index in [4.69, 9.17) is 9.26 Å². The van der Waals surface area contributed by atoms with Gasteiger partial charge in [-0.25, -0.2) is 0 Å². The van der Waals surface area contributed by atoms with Crippen molar-refractivity contribution in [2.24, 2.45) is 0 Å². The molecular formula is C20H23N5O2. The van der Waals surface area contributed by atoms with Gasteiger partial charge in [0.25, 0.3) is 5.89 Å². The van der Waals surface area contributed by atoms with Crippen molar-refractivity contribution in [1.82, 2.24) is 25.0 Å². The number of methoxy groups -OCH3 is 1. The number of rotatable bonds is 5. The lowest BCUT2D eigenvalue weighted by molar-refractivity contribution is -0.0879. The van der Waals surface area contributed by atoms with Gasteiger partial charge in [0.2, 0.25) is 5.82 Å². The molecule has 1 aliphatic heterocycles. The Morgan fingerprint density at radius 1 is 1.07 bits per heavy atom. The van der Waals surface area contributed by atoms with E-state index in [1.807, 2.05) is 36.5 Å². The molecule has 4 rings (SSSR count). The van der Waals surface area contributed by atoms with Crippen LogP contribution in [0.2, 0.25) is 0 Å². The van der Waals surface area contributed by atoms with Crippen LogP contribution in [0.3, 0.4) is 0 Å². The average molecular weight is 365 g/mol. The third-order valence-corrected chi connectivity index (χ3v) is 5.37. The number of ether oxygens (including phenoxy) is 1. The van der Waals surface area contributed by atoms with Crippen LogP contribution < -0.4 is 0 Å². The van der Waals surface area contributed by atoms with Crippen molar-refractivity contribution < 1.29 is 9.26 Å². The van der Waals surface area contributed by atoms with Crippen LogP contribution in [0.15, 0.2) is 53.3 Å². The Morgan fingerprint density at radius 3 is 2.44 bits per heavy atom. The normalized spacial score (nSPS) is 18.3. The maximum absolute atomic E-state index is 5.89. The minimum atomic E-state index is -0.555. The molecule has 7 nitrogen and oxygen atoms in total. The molecule has 140 valence electrons. The van der Waals surface area contributed by atoms with Gasteiger partial charge in [-0.1, -0.05) is 17.3 Å². The van der Waals surface area contributed by atoms with E-state index < -0.39 is 5.60 Å². The topological polar surface area (TPSA) is 77.2 Å². The number of piperidine rings is 1. The SMILES string of the molecule is COC1(c2nc(-c3ccccn3)no2)CCN([C@H](C)c2ccccn2)CC1. The third kappa shape index (κ3) is 3.48. The highest BCUT2D eigenvalue weighted by Crippen LogP contribution is 2.38. The Kier molecular flexibility index (Phi) is 4.96. The molecular weight excluding hydrogens is 342 g/mol. The monoisotopic (exact) mass is 365 g/mol. The van der Waals surface area contributed by atoms with E-state index in [0.29, 0.717) is 17.4 Å². The zero-order valence-electron chi connectivity index (χ0n) is 15.6. The van der Waals surface area contributed by atoms with Crippen molar-refractivity contribution in [2.75, 3.05) is 20.2 Å². The molecule has 0 bridgehead atoms. The summed E-state index contributed by atoms with van der Waals surface area (Å²) in [5.74, 6) is 1.02. The van der Waals surface area contributed by atoms with Crippen LogP contribution in [-0.4, -0.2) is 45.2 Å². The van der Waals surface area contributed by atoms with Gasteiger partial charge in [-0.15, -0.1) is 0 Å². The molecule has 1 aliphatic rings. The number of nitrogens with zero attached hydrogens (tertiary/aromatic N) is 5. The summed E-state index contributed by atoms with van der Waals surface area (Å²) in [6, 6.07) is 11.9. The zero-order valence-corrected chi connectivity index (χ0v) is 15.6. The largest absolute Gasteiger partial charge is 0.368 e. The molecule has 4 heterocycles. The van der Waals surface area contributed by atoms with Crippen molar-refractivity contribution in [3.63, 3.8) is 0 Å². The van der Waals surface area contributed by atoms with Crippen LogP contribution in [0, 0.1) is 0 Å². The van der Waals surface area contributed by atoms with Crippen LogP contribution >= 0.6 is 0 Å². The summed E-state index contributed by atoms with van der Waals surface area (Å²) in [6.45, 7) is 3.92. The number of hydrogen-bond acceptors (Lipinski definition) is 7. The van der Waals surface area contributed by atoms with Crippen LogP contribution in [-0.2, 0) is 10.3 Å². The summed E-state index contributed by atoms with van der Waals surface area (Å²) in [5.41, 5.74) is 1.22. The molecule has 1 saturated heterocycles. The second-order valence-corrected chi connectivity index (χ2v) is 6.80. The summed E-state index contributed by atoms with van der Waals surface area (Å²) in [4.78, 5) is 15.8. The van der Waals surface area contributed by atoms with E-state index in [-0.39, 0.29) is 6.04 Å². The smallest absolute Gasteiger partial charge is 0.259 e. The Bertz CT molecular complexity index is 860. The van der Waals surface area contributed by atoms with Crippen LogP contribution in [0.25, 0.3) is 11.5 Å². The number of hydrogen-bond donors (Lipinski definition) is 0. The van der Waals surface area contributed by atoms with Gasteiger partial charge in [-0.3, -0.25) is 14.9 Å². The Balaban J connectivity index is 1.50. The zero-order chi connectivity index (χ0) is 18.7. The molecule has 7 heteroatoms. The maximum Gasteiger partial charge on any atom is 0.259 e. The molecule has 1 atom stereocenters. The predicted octanol–water partition coefficient (Wildman–Crippen LogP) is 3.23. The fraction of sp³-hybridized carbons (Fsp3) is 0.400. The standard InChI is InChI=1S/C20H23N5O2/c1-15(16-7-3-5-11-21-16)25-13-9-20(26-2,10-14-25)19-23-18(24-27-19)17-8-4-6-12-22-17/h3-8,11-12,15H,9-10,13-14H2,1-2H3/t15-/m1/s1. The average Bonchev–Trinajstić information content (AvgIpc) is 3.25. The minimum absolute atomic E-state index is 0.257. The highest BCUT2D eigenvalue weighted by atomic mass is 16.5. The van der Waals surface area contributed by atoms with Crippen LogP contribution in [0.1, 0.15) is 37.4 Å². The quantitative estimate of drug-likeness (QED) is 0.687. The second-order valence-electron chi connectivity index (χ2n) is 6.80. The van der Waals surface area contributed by atoms with Gasteiger partial charge in [0.1, 0.15) is 11.3 Å². The Morgan fingerprint density at radius 2 is 1.81 bits per heavy atom. The van der Waals surface area contributed by atoms with Gasteiger partial charge >= 0.3 is 0 Å². The molecule has 3 aromatic heterocycles. The first kappa shape index (κ1) is 17.8. The third-order valence-electron chi connectivity index (χ3n) is 5.37. The van der Waals surface area contributed by atoms with Crippen molar-refractivity contribution >= 4 is 0 Å². The van der Waals surface area contributed by atoms with E-state index in [1.165, 1.54) is 0 Å². The number of likely N-dealkylation sites (tertiary alicyclic amines) is 1. The molecule has 0 amide bonds. The first-order valence-corrected chi connectivity index (χ1v) is 9.17. The Labute approximate surface area is 158 Å². The summed E-state index contributed by atoms with van der Waals surface area (Å²) in [5, 5.41) is 4.10. The van der Waals surface area contributed by atoms with Crippen molar-refractivity contribution in [1.29, 1.82) is 0 Å². The molecule has 3 aromatic rings. The van der Waals surface area contributed by atoms with Crippen LogP contribution in [0.4, 0.5) is 0 Å². The van der Waals surface area contributed by atoms with Crippen molar-refractivity contribution in [2.45, 2.75) is 31.4 Å². The van der Waals surface area contributed by atoms with E-state index in [0.717, 1.165) is 31.6 Å². The molecule has 0 aromatic carbocycles. The molecule has 27 heavy (non-hydrogen) atoms. The van der Waals surface area contributed by atoms with E-state index in [1.54, 1.807) is 13.3 Å². The minimum Gasteiger partial charge on any atom is -0.368 e. The van der Waals surface area contributed by atoms with Gasteiger partial charge < -0.3 is 9.26 Å². The van der Waals surface area contributed by atoms with Crippen molar-refractivity contribution in [3.8, 4) is 11.5 Å². The van der Waals surface area contributed by atoms with E-state index in [9.17, 15) is 0 Å². The molecule has 0 spiro atoms. The highest BCUT2D eigenvalue weighted by Gasteiger charge is 2.42. The van der Waals surface area contributed by atoms with Gasteiger partial charge in [0, 0.05) is 38.6 Å². The summed E-state index contributed by atoms with van der Waals surface area (Å²) in [6.07, 6.45) is 5.12. The molecule has 0 aliphatic carbocycles. The van der Waals surface area contributed by atoms with E-state index in [2.05, 4.69) is 38.0 Å². The lowest BCUT2D eigenvalue weighted by Crippen LogP contribution is -2.44. The Hall–Kier alpha value is -2.64. The molecule has 0 N–H and O–H groups in total. The summed E-state index contributed by atoms with van der Waals surface area (Å²) in [7, 11) is 1.71. The summed E-state index contributed by atoms with van der Waals surface area (Å²) >= 11 is 0. The first-order chi connectivity index (χ1) is 13.2. The maximum atomic E-state index is 5.89. The fourth-order valence-electron chi connectivity index (χ4n) is 3.60. The molecule has 0 unspecified atom stereocenters.